The monoisotopic (exact) mass is 823 g/mol. The molecule has 0 heterocycles. The van der Waals surface area contributed by atoms with Crippen molar-refractivity contribution >= 4 is 17.1 Å². The van der Waals surface area contributed by atoms with Crippen LogP contribution in [0, 0.1) is 23.7 Å². The lowest BCUT2D eigenvalue weighted by atomic mass is 9.43. The SMILES string of the molecule is CC1(C)c2ccccc2-c2cccc(-c3cccc(N(c4ccc5c(c4)C(C)(c4ccccc4)c4ccccc4-5)c4ccc5c(c4)C4(c6ccccc6-5)C5CC6CC(C5)CC4C6)c3)c21. The second-order valence-corrected chi connectivity index (χ2v) is 21.0. The first kappa shape index (κ1) is 37.0. The van der Waals surface area contributed by atoms with Crippen LogP contribution in [-0.2, 0) is 16.2 Å². The van der Waals surface area contributed by atoms with Crippen LogP contribution in [-0.4, -0.2) is 0 Å². The topological polar surface area (TPSA) is 3.24 Å². The molecule has 0 amide bonds. The first-order valence-electron chi connectivity index (χ1n) is 24.0. The van der Waals surface area contributed by atoms with Crippen LogP contribution in [0.25, 0.3) is 44.5 Å². The summed E-state index contributed by atoms with van der Waals surface area (Å²) in [7, 11) is 0. The molecule has 4 saturated carbocycles. The van der Waals surface area contributed by atoms with Gasteiger partial charge >= 0.3 is 0 Å². The van der Waals surface area contributed by atoms with Crippen LogP contribution < -0.4 is 4.90 Å². The molecule has 0 radical (unpaired) electrons. The Morgan fingerprint density at radius 3 is 1.58 bits per heavy atom. The molecular formula is C63H53N. The third kappa shape index (κ3) is 4.75. The van der Waals surface area contributed by atoms with Crippen molar-refractivity contribution in [3.05, 3.63) is 221 Å². The summed E-state index contributed by atoms with van der Waals surface area (Å²) in [5.41, 5.74) is 24.3. The Kier molecular flexibility index (Phi) is 7.56. The van der Waals surface area contributed by atoms with Gasteiger partial charge in [-0.15, -0.1) is 0 Å². The van der Waals surface area contributed by atoms with Gasteiger partial charge in [-0.25, -0.2) is 0 Å². The Morgan fingerprint density at radius 1 is 0.375 bits per heavy atom. The number of nitrogens with zero attached hydrogens (tertiary/aromatic N) is 1. The Labute approximate surface area is 378 Å². The lowest BCUT2D eigenvalue weighted by Crippen LogP contribution is -2.55. The van der Waals surface area contributed by atoms with Crippen molar-refractivity contribution < 1.29 is 0 Å². The minimum Gasteiger partial charge on any atom is -0.310 e. The van der Waals surface area contributed by atoms with Crippen LogP contribution in [0.1, 0.15) is 91.8 Å². The number of hydrogen-bond donors (Lipinski definition) is 0. The zero-order valence-electron chi connectivity index (χ0n) is 37.1. The maximum Gasteiger partial charge on any atom is 0.0467 e. The first-order chi connectivity index (χ1) is 31.3. The van der Waals surface area contributed by atoms with Crippen molar-refractivity contribution in [2.75, 3.05) is 4.90 Å². The van der Waals surface area contributed by atoms with Crippen LogP contribution in [0.2, 0.25) is 0 Å². The van der Waals surface area contributed by atoms with Gasteiger partial charge in [0.05, 0.1) is 0 Å². The van der Waals surface area contributed by atoms with E-state index in [0.29, 0.717) is 11.8 Å². The van der Waals surface area contributed by atoms with E-state index < -0.39 is 0 Å². The molecule has 7 aliphatic carbocycles. The molecule has 1 atom stereocenters. The molecule has 8 aromatic rings. The van der Waals surface area contributed by atoms with Gasteiger partial charge in [-0.05, 0) is 183 Å². The molecular weight excluding hydrogens is 771 g/mol. The molecule has 4 fully saturated rings. The summed E-state index contributed by atoms with van der Waals surface area (Å²) in [4.78, 5) is 2.61. The molecule has 310 valence electrons. The Hall–Kier alpha value is -6.44. The van der Waals surface area contributed by atoms with E-state index in [-0.39, 0.29) is 16.2 Å². The lowest BCUT2D eigenvalue weighted by Gasteiger charge is -2.61. The van der Waals surface area contributed by atoms with Crippen molar-refractivity contribution in [1.29, 1.82) is 0 Å². The number of hydrogen-bond acceptors (Lipinski definition) is 1. The van der Waals surface area contributed by atoms with Gasteiger partial charge in [0, 0.05) is 33.3 Å². The molecule has 0 aliphatic heterocycles. The van der Waals surface area contributed by atoms with E-state index in [0.717, 1.165) is 11.8 Å². The predicted octanol–water partition coefficient (Wildman–Crippen LogP) is 16.2. The fraction of sp³-hybridized carbons (Fsp3) is 0.238. The Morgan fingerprint density at radius 2 is 0.875 bits per heavy atom. The summed E-state index contributed by atoms with van der Waals surface area (Å²) in [6.45, 7) is 7.26. The fourth-order valence-electron chi connectivity index (χ4n) is 15.3. The molecule has 0 aromatic heterocycles. The summed E-state index contributed by atoms with van der Waals surface area (Å²) in [6, 6.07) is 70.2. The summed E-state index contributed by atoms with van der Waals surface area (Å²) < 4.78 is 0. The van der Waals surface area contributed by atoms with E-state index in [1.54, 1.807) is 11.1 Å². The summed E-state index contributed by atoms with van der Waals surface area (Å²) in [6.07, 6.45) is 6.97. The van der Waals surface area contributed by atoms with Gasteiger partial charge in [-0.1, -0.05) is 159 Å². The molecule has 7 aliphatic rings. The van der Waals surface area contributed by atoms with Gasteiger partial charge < -0.3 is 4.90 Å². The molecule has 64 heavy (non-hydrogen) atoms. The lowest BCUT2D eigenvalue weighted by molar-refractivity contribution is -0.0399. The number of benzene rings is 8. The summed E-state index contributed by atoms with van der Waals surface area (Å²) >= 11 is 0. The second kappa shape index (κ2) is 13.1. The Balaban J connectivity index is 0.992. The Bertz CT molecular complexity index is 3210. The molecule has 1 heteroatoms. The van der Waals surface area contributed by atoms with Crippen molar-refractivity contribution in [2.45, 2.75) is 69.1 Å². The van der Waals surface area contributed by atoms with Gasteiger partial charge in [0.1, 0.15) is 0 Å². The number of anilines is 3. The standard InChI is InChI=1S/C63H53N/c1-61(2)55-24-10-7-21-51(55)54-23-14-22-48(60(54)61)41-15-13-18-45(36-41)64(46-27-29-52-49-19-8-11-25-56(49)62(3,58(52)37-46)42-16-5-4-6-17-42)47-28-30-53-50-20-9-12-26-57(50)63(59(53)38-47)43-32-39-31-40(34-43)35-44(63)33-39/h4-30,36-40,43-44H,31-35H2,1-3H3. The predicted molar refractivity (Wildman–Crippen MR) is 265 cm³/mol. The highest BCUT2D eigenvalue weighted by molar-refractivity contribution is 5.92. The molecule has 1 nitrogen and oxygen atoms in total. The van der Waals surface area contributed by atoms with Crippen molar-refractivity contribution in [3.63, 3.8) is 0 Å². The average Bonchev–Trinajstić information content (AvgIpc) is 3.87. The second-order valence-electron chi connectivity index (χ2n) is 21.0. The average molecular weight is 824 g/mol. The fourth-order valence-corrected chi connectivity index (χ4v) is 15.3. The van der Waals surface area contributed by atoms with E-state index in [2.05, 4.69) is 208 Å². The van der Waals surface area contributed by atoms with Crippen molar-refractivity contribution in [3.8, 4) is 44.5 Å². The van der Waals surface area contributed by atoms with Gasteiger partial charge in [-0.2, -0.15) is 0 Å². The normalized spacial score (nSPS) is 25.4. The summed E-state index contributed by atoms with van der Waals surface area (Å²) in [5.74, 6) is 3.21. The maximum absolute atomic E-state index is 2.67. The van der Waals surface area contributed by atoms with E-state index in [9.17, 15) is 0 Å². The minimum absolute atomic E-state index is 0.0829. The zero-order valence-corrected chi connectivity index (χ0v) is 37.1. The largest absolute Gasteiger partial charge is 0.310 e. The molecule has 0 saturated heterocycles. The number of fused-ring (bicyclic) bond motifs is 9. The van der Waals surface area contributed by atoms with Crippen molar-refractivity contribution in [2.24, 2.45) is 23.7 Å². The molecule has 1 unspecified atom stereocenters. The van der Waals surface area contributed by atoms with E-state index in [1.165, 1.54) is 121 Å². The molecule has 8 aromatic carbocycles. The smallest absolute Gasteiger partial charge is 0.0467 e. The van der Waals surface area contributed by atoms with Crippen LogP contribution in [0.4, 0.5) is 17.1 Å². The quantitative estimate of drug-likeness (QED) is 0.167. The highest BCUT2D eigenvalue weighted by Gasteiger charge is 2.61. The van der Waals surface area contributed by atoms with Crippen LogP contribution in [0.5, 0.6) is 0 Å². The maximum atomic E-state index is 2.67. The van der Waals surface area contributed by atoms with E-state index in [4.69, 9.17) is 0 Å². The van der Waals surface area contributed by atoms with Gasteiger partial charge in [-0.3, -0.25) is 0 Å². The van der Waals surface area contributed by atoms with Gasteiger partial charge in [0.25, 0.3) is 0 Å². The molecule has 0 N–H and O–H groups in total. The minimum atomic E-state index is -0.300. The highest BCUT2D eigenvalue weighted by Crippen LogP contribution is 2.70. The number of rotatable bonds is 5. The molecule has 15 rings (SSSR count). The highest BCUT2D eigenvalue weighted by atomic mass is 15.1. The summed E-state index contributed by atoms with van der Waals surface area (Å²) in [5, 5.41) is 0. The van der Waals surface area contributed by atoms with E-state index in [1.807, 2.05) is 0 Å². The third-order valence-electron chi connectivity index (χ3n) is 17.7. The van der Waals surface area contributed by atoms with E-state index >= 15 is 0 Å². The molecule has 4 bridgehead atoms. The van der Waals surface area contributed by atoms with Gasteiger partial charge in [0.2, 0.25) is 0 Å². The zero-order chi connectivity index (χ0) is 42.5. The molecule has 1 spiro atoms. The third-order valence-corrected chi connectivity index (χ3v) is 17.7. The van der Waals surface area contributed by atoms with Crippen LogP contribution in [0.3, 0.4) is 0 Å². The van der Waals surface area contributed by atoms with Gasteiger partial charge in [0.15, 0.2) is 0 Å². The van der Waals surface area contributed by atoms with Crippen molar-refractivity contribution in [1.82, 2.24) is 0 Å². The first-order valence-corrected chi connectivity index (χ1v) is 24.0. The van der Waals surface area contributed by atoms with Crippen LogP contribution in [0.15, 0.2) is 182 Å². The van der Waals surface area contributed by atoms with Crippen LogP contribution >= 0.6 is 0 Å².